The minimum absolute atomic E-state index is 0.169. The zero-order valence-corrected chi connectivity index (χ0v) is 10.6. The van der Waals surface area contributed by atoms with Crippen LogP contribution in [0.2, 0.25) is 0 Å². The molecule has 4 heteroatoms. The zero-order valence-electron chi connectivity index (χ0n) is 10.6. The number of para-hydroxylation sites is 1. The standard InChI is InChI=1S/C14H19NO3/c1-2-10-5-3-4-6-13(10)18-9-12(14(16)17)15-11-7-8-11/h3-6,11-12,15H,2,7-9H2,1H3,(H,16,17). The van der Waals surface area contributed by atoms with Crippen molar-refractivity contribution in [1.29, 1.82) is 0 Å². The summed E-state index contributed by atoms with van der Waals surface area (Å²) in [6.07, 6.45) is 3.01. The summed E-state index contributed by atoms with van der Waals surface area (Å²) in [6, 6.07) is 7.48. The van der Waals surface area contributed by atoms with Crippen molar-refractivity contribution in [2.24, 2.45) is 0 Å². The number of carboxylic acid groups (broad SMARTS) is 1. The van der Waals surface area contributed by atoms with Gasteiger partial charge in [0.1, 0.15) is 18.4 Å². The molecule has 1 fully saturated rings. The second kappa shape index (κ2) is 5.87. The molecule has 0 aliphatic heterocycles. The highest BCUT2D eigenvalue weighted by atomic mass is 16.5. The second-order valence-corrected chi connectivity index (χ2v) is 4.60. The number of rotatable bonds is 7. The van der Waals surface area contributed by atoms with Crippen molar-refractivity contribution in [2.75, 3.05) is 6.61 Å². The van der Waals surface area contributed by atoms with Gasteiger partial charge in [0.2, 0.25) is 0 Å². The highest BCUT2D eigenvalue weighted by molar-refractivity contribution is 5.73. The Hall–Kier alpha value is -1.55. The Bertz CT molecular complexity index is 415. The summed E-state index contributed by atoms with van der Waals surface area (Å²) in [5.74, 6) is -0.0697. The van der Waals surface area contributed by atoms with E-state index in [9.17, 15) is 4.79 Å². The lowest BCUT2D eigenvalue weighted by Crippen LogP contribution is -2.42. The fraction of sp³-hybridized carbons (Fsp3) is 0.500. The van der Waals surface area contributed by atoms with Crippen LogP contribution in [0, 0.1) is 0 Å². The number of nitrogens with one attached hydrogen (secondary N) is 1. The van der Waals surface area contributed by atoms with Gasteiger partial charge in [-0.25, -0.2) is 0 Å². The van der Waals surface area contributed by atoms with Crippen LogP contribution in [-0.4, -0.2) is 29.8 Å². The summed E-state index contributed by atoms with van der Waals surface area (Å²) in [4.78, 5) is 11.1. The molecule has 18 heavy (non-hydrogen) atoms. The molecule has 1 atom stereocenters. The molecular weight excluding hydrogens is 230 g/mol. The van der Waals surface area contributed by atoms with Crippen LogP contribution in [0.5, 0.6) is 5.75 Å². The third-order valence-electron chi connectivity index (χ3n) is 3.07. The van der Waals surface area contributed by atoms with Gasteiger partial charge in [0.15, 0.2) is 0 Å². The van der Waals surface area contributed by atoms with Crippen molar-refractivity contribution in [1.82, 2.24) is 5.32 Å². The van der Waals surface area contributed by atoms with Crippen molar-refractivity contribution < 1.29 is 14.6 Å². The van der Waals surface area contributed by atoms with Crippen LogP contribution >= 0.6 is 0 Å². The number of hydrogen-bond acceptors (Lipinski definition) is 3. The predicted molar refractivity (Wildman–Crippen MR) is 68.9 cm³/mol. The molecule has 0 radical (unpaired) electrons. The molecule has 0 aromatic heterocycles. The molecule has 0 bridgehead atoms. The minimum atomic E-state index is -0.851. The summed E-state index contributed by atoms with van der Waals surface area (Å²) in [5.41, 5.74) is 1.10. The van der Waals surface area contributed by atoms with Gasteiger partial charge in [-0.15, -0.1) is 0 Å². The number of carboxylic acids is 1. The lowest BCUT2D eigenvalue weighted by molar-refractivity contribution is -0.140. The van der Waals surface area contributed by atoms with E-state index in [1.165, 1.54) is 0 Å². The number of carbonyl (C=O) groups is 1. The normalized spacial score (nSPS) is 16.3. The van der Waals surface area contributed by atoms with E-state index in [4.69, 9.17) is 9.84 Å². The molecule has 1 unspecified atom stereocenters. The van der Waals surface area contributed by atoms with E-state index in [2.05, 4.69) is 12.2 Å². The number of benzene rings is 1. The summed E-state index contributed by atoms with van der Waals surface area (Å²) >= 11 is 0. The highest BCUT2D eigenvalue weighted by Crippen LogP contribution is 2.21. The lowest BCUT2D eigenvalue weighted by Gasteiger charge is -2.16. The van der Waals surface area contributed by atoms with Gasteiger partial charge in [-0.05, 0) is 30.9 Å². The molecule has 0 saturated heterocycles. The zero-order chi connectivity index (χ0) is 13.0. The van der Waals surface area contributed by atoms with Gasteiger partial charge < -0.3 is 9.84 Å². The smallest absolute Gasteiger partial charge is 0.324 e. The average Bonchev–Trinajstić information content (AvgIpc) is 3.18. The minimum Gasteiger partial charge on any atom is -0.491 e. The van der Waals surface area contributed by atoms with Gasteiger partial charge in [-0.2, -0.15) is 0 Å². The molecule has 1 aromatic rings. The second-order valence-electron chi connectivity index (χ2n) is 4.60. The number of hydrogen-bond donors (Lipinski definition) is 2. The molecule has 1 aromatic carbocycles. The molecule has 1 saturated carbocycles. The molecule has 1 aliphatic rings. The van der Waals surface area contributed by atoms with Crippen molar-refractivity contribution in [2.45, 2.75) is 38.3 Å². The molecule has 98 valence electrons. The average molecular weight is 249 g/mol. The first-order valence-electron chi connectivity index (χ1n) is 6.40. The monoisotopic (exact) mass is 249 g/mol. The third-order valence-corrected chi connectivity index (χ3v) is 3.07. The first-order valence-corrected chi connectivity index (χ1v) is 6.40. The summed E-state index contributed by atoms with van der Waals surface area (Å²) in [5, 5.41) is 12.2. The Balaban J connectivity index is 1.93. The molecule has 0 spiro atoms. The molecule has 1 aliphatic carbocycles. The SMILES string of the molecule is CCc1ccccc1OCC(NC1CC1)C(=O)O. The van der Waals surface area contributed by atoms with Crippen LogP contribution in [0.3, 0.4) is 0 Å². The molecule has 2 rings (SSSR count). The Morgan fingerprint density at radius 3 is 2.83 bits per heavy atom. The van der Waals surface area contributed by atoms with Gasteiger partial charge in [-0.3, -0.25) is 10.1 Å². The summed E-state index contributed by atoms with van der Waals surface area (Å²) < 4.78 is 5.64. The summed E-state index contributed by atoms with van der Waals surface area (Å²) in [7, 11) is 0. The third kappa shape index (κ3) is 3.47. The van der Waals surface area contributed by atoms with Crippen molar-refractivity contribution in [3.63, 3.8) is 0 Å². The Morgan fingerprint density at radius 1 is 1.50 bits per heavy atom. The molecule has 0 amide bonds. The molecule has 0 heterocycles. The fourth-order valence-electron chi connectivity index (χ4n) is 1.84. The van der Waals surface area contributed by atoms with Crippen LogP contribution in [0.15, 0.2) is 24.3 Å². The topological polar surface area (TPSA) is 58.6 Å². The highest BCUT2D eigenvalue weighted by Gasteiger charge is 2.28. The van der Waals surface area contributed by atoms with Crippen LogP contribution in [0.1, 0.15) is 25.3 Å². The van der Waals surface area contributed by atoms with Gasteiger partial charge in [0.25, 0.3) is 0 Å². The Kier molecular flexibility index (Phi) is 4.20. The molecule has 4 nitrogen and oxygen atoms in total. The van der Waals surface area contributed by atoms with E-state index in [1.807, 2.05) is 24.3 Å². The number of aliphatic carboxylic acids is 1. The maximum absolute atomic E-state index is 11.1. The van der Waals surface area contributed by atoms with Crippen molar-refractivity contribution in [3.05, 3.63) is 29.8 Å². The predicted octanol–water partition coefficient (Wildman–Crippen LogP) is 1.83. The number of aryl methyl sites for hydroxylation is 1. The van der Waals surface area contributed by atoms with Crippen LogP contribution in [-0.2, 0) is 11.2 Å². The van der Waals surface area contributed by atoms with E-state index in [1.54, 1.807) is 0 Å². The van der Waals surface area contributed by atoms with E-state index in [0.717, 1.165) is 30.6 Å². The van der Waals surface area contributed by atoms with Crippen molar-refractivity contribution in [3.8, 4) is 5.75 Å². The Labute approximate surface area is 107 Å². The van der Waals surface area contributed by atoms with E-state index >= 15 is 0 Å². The van der Waals surface area contributed by atoms with E-state index in [0.29, 0.717) is 6.04 Å². The number of ether oxygens (including phenoxy) is 1. The van der Waals surface area contributed by atoms with E-state index < -0.39 is 12.0 Å². The fourth-order valence-corrected chi connectivity index (χ4v) is 1.84. The Morgan fingerprint density at radius 2 is 2.22 bits per heavy atom. The van der Waals surface area contributed by atoms with Crippen LogP contribution < -0.4 is 10.1 Å². The first-order chi connectivity index (χ1) is 8.70. The largest absolute Gasteiger partial charge is 0.491 e. The van der Waals surface area contributed by atoms with Crippen LogP contribution in [0.4, 0.5) is 0 Å². The molecule has 2 N–H and O–H groups in total. The van der Waals surface area contributed by atoms with Crippen molar-refractivity contribution >= 4 is 5.97 Å². The van der Waals surface area contributed by atoms with E-state index in [-0.39, 0.29) is 6.61 Å². The van der Waals surface area contributed by atoms with Gasteiger partial charge in [-0.1, -0.05) is 25.1 Å². The maximum atomic E-state index is 11.1. The lowest BCUT2D eigenvalue weighted by atomic mass is 10.1. The van der Waals surface area contributed by atoms with Gasteiger partial charge in [0.05, 0.1) is 0 Å². The van der Waals surface area contributed by atoms with Gasteiger partial charge in [0, 0.05) is 6.04 Å². The van der Waals surface area contributed by atoms with Crippen LogP contribution in [0.25, 0.3) is 0 Å². The van der Waals surface area contributed by atoms with Gasteiger partial charge >= 0.3 is 5.97 Å². The quantitative estimate of drug-likeness (QED) is 0.774. The molecular formula is C14H19NO3. The first kappa shape index (κ1) is 12.9. The summed E-state index contributed by atoms with van der Waals surface area (Å²) in [6.45, 7) is 2.22. The maximum Gasteiger partial charge on any atom is 0.324 e.